The van der Waals surface area contributed by atoms with Crippen molar-refractivity contribution in [3.8, 4) is 0 Å². The van der Waals surface area contributed by atoms with Crippen LogP contribution in [0.2, 0.25) is 5.02 Å². The number of hydrogen-bond donors (Lipinski definition) is 0. The number of carbonyl (C=O) groups is 1. The van der Waals surface area contributed by atoms with Gasteiger partial charge in [-0.3, -0.25) is 9.78 Å². The number of pyridine rings is 2. The summed E-state index contributed by atoms with van der Waals surface area (Å²) in [5.41, 5.74) is 0.505. The van der Waals surface area contributed by atoms with E-state index >= 15 is 0 Å². The van der Waals surface area contributed by atoms with E-state index in [4.69, 9.17) is 11.6 Å². The van der Waals surface area contributed by atoms with E-state index in [0.717, 1.165) is 9.92 Å². The van der Waals surface area contributed by atoms with E-state index in [1.165, 1.54) is 11.8 Å². The minimum atomic E-state index is 0.0520. The van der Waals surface area contributed by atoms with Crippen LogP contribution in [0.4, 0.5) is 0 Å². The Kier molecular flexibility index (Phi) is 4.33. The Balaban J connectivity index is 2.10. The maximum atomic E-state index is 11.4. The Morgan fingerprint density at radius 3 is 2.61 bits per heavy atom. The van der Waals surface area contributed by atoms with Gasteiger partial charge < -0.3 is 0 Å². The minimum Gasteiger partial charge on any atom is -0.292 e. The highest BCUT2D eigenvalue weighted by molar-refractivity contribution is 7.99. The van der Waals surface area contributed by atoms with Crippen LogP contribution in [-0.2, 0) is 0 Å². The van der Waals surface area contributed by atoms with E-state index in [0.29, 0.717) is 17.1 Å². The standard InChI is InChI=1S/C13H11ClN2OS/c1-2-12(17)11-5-4-10(8-15-11)18-13-6-3-9(14)7-16-13/h3-8H,2H2,1H3. The lowest BCUT2D eigenvalue weighted by Gasteiger charge is -2.01. The molecule has 2 heterocycles. The number of nitrogens with zero attached hydrogens (tertiary/aromatic N) is 2. The zero-order valence-electron chi connectivity index (χ0n) is 9.76. The highest BCUT2D eigenvalue weighted by Gasteiger charge is 2.05. The van der Waals surface area contributed by atoms with Gasteiger partial charge in [-0.25, -0.2) is 4.98 Å². The molecule has 0 bridgehead atoms. The molecular weight excluding hydrogens is 268 g/mol. The lowest BCUT2D eigenvalue weighted by molar-refractivity contribution is 0.0983. The molecule has 0 radical (unpaired) electrons. The highest BCUT2D eigenvalue weighted by Crippen LogP contribution is 2.25. The van der Waals surface area contributed by atoms with Crippen molar-refractivity contribution in [1.29, 1.82) is 0 Å². The van der Waals surface area contributed by atoms with Gasteiger partial charge >= 0.3 is 0 Å². The fraction of sp³-hybridized carbons (Fsp3) is 0.154. The first-order valence-electron chi connectivity index (χ1n) is 5.47. The van der Waals surface area contributed by atoms with E-state index < -0.39 is 0 Å². The molecule has 0 unspecified atom stereocenters. The second kappa shape index (κ2) is 5.98. The van der Waals surface area contributed by atoms with Crippen molar-refractivity contribution in [2.45, 2.75) is 23.3 Å². The summed E-state index contributed by atoms with van der Waals surface area (Å²) in [5, 5.41) is 1.46. The smallest absolute Gasteiger partial charge is 0.180 e. The molecule has 2 rings (SSSR count). The molecule has 0 saturated heterocycles. The van der Waals surface area contributed by atoms with Gasteiger partial charge in [0.1, 0.15) is 10.7 Å². The van der Waals surface area contributed by atoms with Crippen LogP contribution < -0.4 is 0 Å². The van der Waals surface area contributed by atoms with E-state index in [1.807, 2.05) is 19.1 Å². The van der Waals surface area contributed by atoms with Gasteiger partial charge in [0.15, 0.2) is 5.78 Å². The molecule has 0 spiro atoms. The minimum absolute atomic E-state index is 0.0520. The number of Topliss-reactive ketones (excluding diaryl/α,β-unsaturated/α-hetero) is 1. The number of ketones is 1. The molecule has 0 atom stereocenters. The molecule has 3 nitrogen and oxygen atoms in total. The second-order valence-corrected chi connectivity index (χ2v) is 5.10. The molecule has 0 amide bonds. The lowest BCUT2D eigenvalue weighted by Crippen LogP contribution is -1.99. The summed E-state index contributed by atoms with van der Waals surface area (Å²) in [4.78, 5) is 20.7. The van der Waals surface area contributed by atoms with Gasteiger partial charge in [-0.1, -0.05) is 30.3 Å². The van der Waals surface area contributed by atoms with E-state index in [2.05, 4.69) is 9.97 Å². The Morgan fingerprint density at radius 1 is 1.22 bits per heavy atom. The average molecular weight is 279 g/mol. The molecule has 0 aliphatic carbocycles. The normalized spacial score (nSPS) is 10.3. The Hall–Kier alpha value is -1.39. The van der Waals surface area contributed by atoms with Gasteiger partial charge in [-0.15, -0.1) is 0 Å². The van der Waals surface area contributed by atoms with Gasteiger partial charge in [0.25, 0.3) is 0 Å². The summed E-state index contributed by atoms with van der Waals surface area (Å²) < 4.78 is 0. The zero-order valence-corrected chi connectivity index (χ0v) is 11.3. The quantitative estimate of drug-likeness (QED) is 0.796. The van der Waals surface area contributed by atoms with E-state index in [1.54, 1.807) is 24.5 Å². The molecule has 0 fully saturated rings. The molecule has 0 saturated carbocycles. The first kappa shape index (κ1) is 13.1. The van der Waals surface area contributed by atoms with Crippen molar-refractivity contribution in [3.05, 3.63) is 47.4 Å². The third-order valence-electron chi connectivity index (χ3n) is 2.27. The van der Waals surface area contributed by atoms with Gasteiger partial charge in [-0.05, 0) is 24.3 Å². The van der Waals surface area contributed by atoms with Crippen molar-refractivity contribution in [2.24, 2.45) is 0 Å². The number of carbonyl (C=O) groups excluding carboxylic acids is 1. The first-order chi connectivity index (χ1) is 8.69. The fourth-order valence-corrected chi connectivity index (χ4v) is 2.17. The van der Waals surface area contributed by atoms with Crippen LogP contribution in [0, 0.1) is 0 Å². The lowest BCUT2D eigenvalue weighted by atomic mass is 10.2. The van der Waals surface area contributed by atoms with E-state index in [9.17, 15) is 4.79 Å². The largest absolute Gasteiger partial charge is 0.292 e. The Morgan fingerprint density at radius 2 is 2.06 bits per heavy atom. The van der Waals surface area contributed by atoms with Gasteiger partial charge in [0.05, 0.1) is 5.02 Å². The molecule has 2 aromatic heterocycles. The summed E-state index contributed by atoms with van der Waals surface area (Å²) in [6.07, 6.45) is 3.76. The SMILES string of the molecule is CCC(=O)c1ccc(Sc2ccc(Cl)cn2)cn1. The third-order valence-corrected chi connectivity index (χ3v) is 3.42. The van der Waals surface area contributed by atoms with Gasteiger partial charge in [0.2, 0.25) is 0 Å². The number of rotatable bonds is 4. The van der Waals surface area contributed by atoms with Gasteiger partial charge in [-0.2, -0.15) is 0 Å². The van der Waals surface area contributed by atoms with E-state index in [-0.39, 0.29) is 5.78 Å². The molecule has 0 aliphatic heterocycles. The monoisotopic (exact) mass is 278 g/mol. The van der Waals surface area contributed by atoms with Crippen molar-refractivity contribution < 1.29 is 4.79 Å². The van der Waals surface area contributed by atoms with Crippen LogP contribution in [-0.4, -0.2) is 15.8 Å². The first-order valence-corrected chi connectivity index (χ1v) is 6.67. The topological polar surface area (TPSA) is 42.9 Å². The van der Waals surface area contributed by atoms with Crippen LogP contribution in [0.1, 0.15) is 23.8 Å². The Bertz CT molecular complexity index is 540. The van der Waals surface area contributed by atoms with Crippen LogP contribution in [0.15, 0.2) is 46.6 Å². The third kappa shape index (κ3) is 3.31. The van der Waals surface area contributed by atoms with Crippen molar-refractivity contribution in [3.63, 3.8) is 0 Å². The molecule has 92 valence electrons. The average Bonchev–Trinajstić information content (AvgIpc) is 2.41. The predicted molar refractivity (Wildman–Crippen MR) is 72.2 cm³/mol. The maximum absolute atomic E-state index is 11.4. The number of aromatic nitrogens is 2. The van der Waals surface area contributed by atoms with Crippen molar-refractivity contribution in [2.75, 3.05) is 0 Å². The molecular formula is C13H11ClN2OS. The summed E-state index contributed by atoms with van der Waals surface area (Å²) in [6, 6.07) is 7.25. The second-order valence-electron chi connectivity index (χ2n) is 3.57. The summed E-state index contributed by atoms with van der Waals surface area (Å²) in [5.74, 6) is 0.0520. The molecule has 0 aliphatic rings. The van der Waals surface area contributed by atoms with Gasteiger partial charge in [0, 0.05) is 23.7 Å². The van der Waals surface area contributed by atoms with Crippen molar-refractivity contribution in [1.82, 2.24) is 9.97 Å². The summed E-state index contributed by atoms with van der Waals surface area (Å²) in [7, 11) is 0. The molecule has 5 heteroatoms. The predicted octanol–water partition coefficient (Wildman–Crippen LogP) is 3.87. The van der Waals surface area contributed by atoms with Crippen molar-refractivity contribution >= 4 is 29.1 Å². The molecule has 2 aromatic rings. The zero-order chi connectivity index (χ0) is 13.0. The van der Waals surface area contributed by atoms with Crippen LogP contribution >= 0.6 is 23.4 Å². The Labute approximate surface area is 115 Å². The fourth-order valence-electron chi connectivity index (χ4n) is 1.33. The summed E-state index contributed by atoms with van der Waals surface area (Å²) >= 11 is 7.25. The maximum Gasteiger partial charge on any atom is 0.180 e. The molecule has 0 N–H and O–H groups in total. The number of halogens is 1. The van der Waals surface area contributed by atoms with Crippen LogP contribution in [0.25, 0.3) is 0 Å². The molecule has 0 aromatic carbocycles. The summed E-state index contributed by atoms with van der Waals surface area (Å²) in [6.45, 7) is 1.82. The highest BCUT2D eigenvalue weighted by atomic mass is 35.5. The molecule has 18 heavy (non-hydrogen) atoms. The van der Waals surface area contributed by atoms with Crippen LogP contribution in [0.5, 0.6) is 0 Å². The number of hydrogen-bond acceptors (Lipinski definition) is 4. The van der Waals surface area contributed by atoms with Crippen LogP contribution in [0.3, 0.4) is 0 Å².